The molecule has 0 aliphatic carbocycles. The molecule has 0 radical (unpaired) electrons. The van der Waals surface area contributed by atoms with E-state index in [2.05, 4.69) is 5.43 Å². The van der Waals surface area contributed by atoms with Crippen molar-refractivity contribution >= 4 is 16.6 Å². The molecule has 2 unspecified atom stereocenters. The molecule has 0 bridgehead atoms. The maximum atomic E-state index is 10.4. The van der Waals surface area contributed by atoms with Gasteiger partial charge in [-0.25, -0.2) is 0 Å². The second-order valence-electron chi connectivity index (χ2n) is 7.04. The number of aliphatic hydroxyl groups is 1. The van der Waals surface area contributed by atoms with Crippen molar-refractivity contribution in [2.24, 2.45) is 11.5 Å². The first-order valence-electron chi connectivity index (χ1n) is 9.06. The largest absolute Gasteiger partial charge is 0.508 e. The Morgan fingerprint density at radius 3 is 2.29 bits per heavy atom. The van der Waals surface area contributed by atoms with Crippen molar-refractivity contribution in [3.05, 3.63) is 53.7 Å². The van der Waals surface area contributed by atoms with Crippen LogP contribution in [0, 0.1) is 0 Å². The van der Waals surface area contributed by atoms with E-state index in [0.717, 1.165) is 10.9 Å². The maximum Gasteiger partial charge on any atom is 0.182 e. The number of hydrogen-bond acceptors (Lipinski definition) is 7. The molecule has 0 amide bonds. The van der Waals surface area contributed by atoms with Gasteiger partial charge in [0.2, 0.25) is 0 Å². The van der Waals surface area contributed by atoms with Gasteiger partial charge < -0.3 is 31.4 Å². The first-order chi connectivity index (χ1) is 13.2. The van der Waals surface area contributed by atoms with Crippen LogP contribution in [-0.4, -0.2) is 33.4 Å². The van der Waals surface area contributed by atoms with E-state index in [0.29, 0.717) is 16.8 Å². The van der Waals surface area contributed by atoms with Crippen molar-refractivity contribution in [1.29, 1.82) is 0 Å². The number of anilines is 1. The van der Waals surface area contributed by atoms with Crippen LogP contribution in [0.4, 0.5) is 5.69 Å². The van der Waals surface area contributed by atoms with Gasteiger partial charge in [-0.05, 0) is 41.8 Å². The molecule has 8 nitrogen and oxygen atoms in total. The zero-order valence-electron chi connectivity index (χ0n) is 16.2. The monoisotopic (exact) mass is 385 g/mol. The number of rotatable bonds is 6. The summed E-state index contributed by atoms with van der Waals surface area (Å²) in [4.78, 5) is 1.41. The number of nitrogens with two attached hydrogens (primary N) is 2. The van der Waals surface area contributed by atoms with E-state index in [9.17, 15) is 15.3 Å². The van der Waals surface area contributed by atoms with E-state index < -0.39 is 12.5 Å². The molecule has 150 valence electrons. The van der Waals surface area contributed by atoms with Crippen molar-refractivity contribution in [3.63, 3.8) is 0 Å². The van der Waals surface area contributed by atoms with Crippen LogP contribution in [0.3, 0.4) is 0 Å². The summed E-state index contributed by atoms with van der Waals surface area (Å²) < 4.78 is 1.86. The Kier molecular flexibility index (Phi) is 5.37. The van der Waals surface area contributed by atoms with Crippen LogP contribution in [0.15, 0.2) is 42.6 Å². The predicted molar refractivity (Wildman–Crippen MR) is 111 cm³/mol. The number of benzene rings is 2. The predicted octanol–water partition coefficient (Wildman–Crippen LogP) is 2.05. The number of phenols is 2. The third-order valence-electron chi connectivity index (χ3n) is 4.91. The molecule has 1 aromatic heterocycles. The van der Waals surface area contributed by atoms with E-state index in [1.807, 2.05) is 50.0 Å². The van der Waals surface area contributed by atoms with Gasteiger partial charge in [-0.2, -0.15) is 0 Å². The molecule has 0 spiro atoms. The molecule has 28 heavy (non-hydrogen) atoms. The Morgan fingerprint density at radius 1 is 1.00 bits per heavy atom. The van der Waals surface area contributed by atoms with E-state index >= 15 is 0 Å². The highest BCUT2D eigenvalue weighted by molar-refractivity contribution is 5.84. The average Bonchev–Trinajstić information content (AvgIpc) is 3.03. The van der Waals surface area contributed by atoms with Gasteiger partial charge in [0.1, 0.15) is 17.7 Å². The third kappa shape index (κ3) is 3.45. The second kappa shape index (κ2) is 7.59. The molecule has 2 atom stereocenters. The van der Waals surface area contributed by atoms with Crippen LogP contribution in [0.1, 0.15) is 37.1 Å². The molecule has 1 heterocycles. The molecule has 8 N–H and O–H groups in total. The van der Waals surface area contributed by atoms with Gasteiger partial charge in [0.05, 0.1) is 5.52 Å². The molecule has 8 heteroatoms. The van der Waals surface area contributed by atoms with Crippen LogP contribution in [0.25, 0.3) is 10.9 Å². The zero-order valence-corrected chi connectivity index (χ0v) is 16.2. The molecule has 0 aliphatic rings. The number of phenolic OH excluding ortho intramolecular Hbond substituents is 2. The van der Waals surface area contributed by atoms with Crippen molar-refractivity contribution in [2.45, 2.75) is 32.3 Å². The van der Waals surface area contributed by atoms with E-state index in [1.165, 1.54) is 11.0 Å². The van der Waals surface area contributed by atoms with E-state index in [-0.39, 0.29) is 17.4 Å². The lowest BCUT2D eigenvalue weighted by molar-refractivity contribution is 0.164. The minimum Gasteiger partial charge on any atom is -0.508 e. The Bertz CT molecular complexity index is 983. The normalized spacial score (nSPS) is 13.7. The molecule has 3 rings (SSSR count). The van der Waals surface area contributed by atoms with E-state index in [1.54, 1.807) is 12.1 Å². The zero-order chi connectivity index (χ0) is 20.6. The van der Waals surface area contributed by atoms with Crippen LogP contribution in [0.5, 0.6) is 11.5 Å². The Labute approximate surface area is 163 Å². The second-order valence-corrected chi connectivity index (χ2v) is 7.04. The lowest BCUT2D eigenvalue weighted by Gasteiger charge is -2.34. The average molecular weight is 385 g/mol. The number of aromatic nitrogens is 1. The highest BCUT2D eigenvalue weighted by Crippen LogP contribution is 2.37. The Morgan fingerprint density at radius 2 is 1.68 bits per heavy atom. The quantitative estimate of drug-likeness (QED) is 0.358. The summed E-state index contributed by atoms with van der Waals surface area (Å²) in [6.07, 6.45) is -0.436. The highest BCUT2D eigenvalue weighted by Gasteiger charge is 2.26. The fraction of sp³-hybridized carbons (Fsp3) is 0.300. The summed E-state index contributed by atoms with van der Waals surface area (Å²) >= 11 is 0. The minimum atomic E-state index is -1.39. The SMILES string of the molecule is CNn1ccc2cc(N(C(N)O)C(N)c3cc(C(C)C)c(O)cc3O)ccc21. The van der Waals surface area contributed by atoms with Crippen LogP contribution in [0.2, 0.25) is 0 Å². The van der Waals surface area contributed by atoms with Gasteiger partial charge in [0, 0.05) is 35.9 Å². The van der Waals surface area contributed by atoms with Crippen molar-refractivity contribution in [3.8, 4) is 11.5 Å². The van der Waals surface area contributed by atoms with Gasteiger partial charge in [0.15, 0.2) is 6.35 Å². The highest BCUT2D eigenvalue weighted by atomic mass is 16.3. The standard InChI is InChI=1S/C20H27N5O3/c1-11(2)14-9-15(18(27)10-17(14)26)19(21)25(20(22)28)13-4-5-16-12(8-13)6-7-24(16)23-3/h4-11,19-20,23,26-28H,21-22H2,1-3H3. The lowest BCUT2D eigenvalue weighted by atomic mass is 9.97. The van der Waals surface area contributed by atoms with Crippen molar-refractivity contribution < 1.29 is 15.3 Å². The van der Waals surface area contributed by atoms with Gasteiger partial charge in [-0.15, -0.1) is 0 Å². The fourth-order valence-corrected chi connectivity index (χ4v) is 3.42. The maximum absolute atomic E-state index is 10.4. The Hall–Kier alpha value is -2.94. The number of hydrogen-bond donors (Lipinski definition) is 6. The van der Waals surface area contributed by atoms with Gasteiger partial charge in [-0.3, -0.25) is 10.4 Å². The molecular weight excluding hydrogens is 358 g/mol. The topological polar surface area (TPSA) is 133 Å². The van der Waals surface area contributed by atoms with Crippen LogP contribution < -0.4 is 21.8 Å². The number of nitrogens with one attached hydrogen (secondary N) is 1. The first-order valence-corrected chi connectivity index (χ1v) is 9.06. The van der Waals surface area contributed by atoms with Gasteiger partial charge >= 0.3 is 0 Å². The summed E-state index contributed by atoms with van der Waals surface area (Å²) in [5, 5.41) is 31.6. The summed E-state index contributed by atoms with van der Waals surface area (Å²) in [6, 6.07) is 10.4. The molecule has 0 fully saturated rings. The van der Waals surface area contributed by atoms with E-state index in [4.69, 9.17) is 11.5 Å². The Balaban J connectivity index is 2.06. The fourth-order valence-electron chi connectivity index (χ4n) is 3.42. The van der Waals surface area contributed by atoms with Crippen molar-refractivity contribution in [1.82, 2.24) is 4.68 Å². The van der Waals surface area contributed by atoms with Crippen LogP contribution in [-0.2, 0) is 0 Å². The smallest absolute Gasteiger partial charge is 0.182 e. The summed E-state index contributed by atoms with van der Waals surface area (Å²) in [5.74, 6) is -0.138. The first kappa shape index (κ1) is 19.8. The summed E-state index contributed by atoms with van der Waals surface area (Å²) in [7, 11) is 1.82. The summed E-state index contributed by atoms with van der Waals surface area (Å²) in [6.45, 7) is 3.86. The molecular formula is C20H27N5O3. The molecule has 2 aromatic carbocycles. The number of fused-ring (bicyclic) bond motifs is 1. The number of aromatic hydroxyl groups is 2. The lowest BCUT2D eigenvalue weighted by Crippen LogP contribution is -2.47. The van der Waals surface area contributed by atoms with Gasteiger partial charge in [-0.1, -0.05) is 13.8 Å². The minimum absolute atomic E-state index is 0.00174. The number of aliphatic hydroxyl groups excluding tert-OH is 1. The third-order valence-corrected chi connectivity index (χ3v) is 4.91. The molecule has 0 saturated carbocycles. The molecule has 0 saturated heterocycles. The molecule has 3 aromatic rings. The van der Waals surface area contributed by atoms with Gasteiger partial charge in [0.25, 0.3) is 0 Å². The number of nitrogens with zero attached hydrogens (tertiary/aromatic N) is 2. The van der Waals surface area contributed by atoms with Crippen LogP contribution >= 0.6 is 0 Å². The summed E-state index contributed by atoms with van der Waals surface area (Å²) in [5.41, 5.74) is 17.8. The molecule has 0 aliphatic heterocycles. The van der Waals surface area contributed by atoms with Crippen molar-refractivity contribution in [2.75, 3.05) is 17.4 Å².